The van der Waals surface area contributed by atoms with E-state index >= 15 is 0 Å². The van der Waals surface area contributed by atoms with Crippen molar-refractivity contribution < 1.29 is 14.3 Å². The lowest BCUT2D eigenvalue weighted by molar-refractivity contribution is 0.0600. The Balaban J connectivity index is 1.78. The fourth-order valence-electron chi connectivity index (χ4n) is 2.75. The summed E-state index contributed by atoms with van der Waals surface area (Å²) in [4.78, 5) is 23.2. The van der Waals surface area contributed by atoms with Crippen LogP contribution in [0.15, 0.2) is 36.7 Å². The summed E-state index contributed by atoms with van der Waals surface area (Å²) in [5, 5.41) is 0. The van der Waals surface area contributed by atoms with Crippen molar-refractivity contribution in [2.24, 2.45) is 0 Å². The highest BCUT2D eigenvalue weighted by atomic mass is 16.5. The minimum atomic E-state index is -0.330. The normalized spacial score (nSPS) is 13.9. The van der Waals surface area contributed by atoms with E-state index in [1.807, 2.05) is 22.9 Å². The van der Waals surface area contributed by atoms with Crippen LogP contribution in [0.2, 0.25) is 0 Å². The van der Waals surface area contributed by atoms with E-state index in [0.717, 1.165) is 29.5 Å². The number of carbonyl (C=O) groups excluding carboxylic acids is 2. The number of carbonyl (C=O) groups is 2. The molecular weight excluding hydrogens is 266 g/mol. The second-order valence-electron chi connectivity index (χ2n) is 5.33. The van der Waals surface area contributed by atoms with Gasteiger partial charge in [0.25, 0.3) is 0 Å². The van der Waals surface area contributed by atoms with Crippen molar-refractivity contribution in [2.75, 3.05) is 7.11 Å². The second kappa shape index (κ2) is 5.56. The molecule has 0 radical (unpaired) electrons. The molecule has 0 atom stereocenters. The highest BCUT2D eigenvalue weighted by molar-refractivity contribution is 5.98. The summed E-state index contributed by atoms with van der Waals surface area (Å²) in [6.45, 7) is 0.696. The number of ketones is 1. The number of ether oxygens (including phenoxy) is 1. The van der Waals surface area contributed by atoms with E-state index in [1.165, 1.54) is 7.11 Å². The van der Waals surface area contributed by atoms with Crippen molar-refractivity contribution >= 4 is 11.8 Å². The van der Waals surface area contributed by atoms with Gasteiger partial charge in [-0.05, 0) is 36.1 Å². The Bertz CT molecular complexity index is 683. The number of rotatable bonds is 3. The molecule has 4 heteroatoms. The number of aryl methyl sites for hydroxylation is 1. The summed E-state index contributed by atoms with van der Waals surface area (Å²) in [5.74, 6) is -0.0837. The second-order valence-corrected chi connectivity index (χ2v) is 5.33. The maximum atomic E-state index is 11.8. The van der Waals surface area contributed by atoms with Crippen LogP contribution >= 0.6 is 0 Å². The number of esters is 1. The monoisotopic (exact) mass is 283 g/mol. The fourth-order valence-corrected chi connectivity index (χ4v) is 2.75. The average molecular weight is 283 g/mol. The number of aromatic nitrogens is 1. The number of benzene rings is 1. The molecular formula is C17H17NO3. The van der Waals surface area contributed by atoms with E-state index in [0.29, 0.717) is 18.5 Å². The van der Waals surface area contributed by atoms with Gasteiger partial charge >= 0.3 is 5.97 Å². The summed E-state index contributed by atoms with van der Waals surface area (Å²) in [6.07, 6.45) is 6.58. The Morgan fingerprint density at radius 3 is 2.62 bits per heavy atom. The Hall–Kier alpha value is -2.36. The summed E-state index contributed by atoms with van der Waals surface area (Å²) in [6, 6.07) is 7.34. The van der Waals surface area contributed by atoms with Gasteiger partial charge in [-0.2, -0.15) is 0 Å². The molecule has 0 N–H and O–H groups in total. The Kier molecular flexibility index (Phi) is 3.60. The third kappa shape index (κ3) is 2.75. The van der Waals surface area contributed by atoms with Gasteiger partial charge in [0, 0.05) is 30.9 Å². The van der Waals surface area contributed by atoms with Crippen LogP contribution in [0.25, 0.3) is 0 Å². The standard InChI is InChI=1S/C17H17NO3/c1-21-17(20)13-7-5-12(6-8-13)9-18-10-14-3-2-4-16(19)15(14)11-18/h5-8,10-11H,2-4,9H2,1H3. The number of fused-ring (bicyclic) bond motifs is 1. The minimum absolute atomic E-state index is 0.246. The van der Waals surface area contributed by atoms with E-state index in [-0.39, 0.29) is 11.8 Å². The first kappa shape index (κ1) is 13.6. The van der Waals surface area contributed by atoms with E-state index in [1.54, 1.807) is 12.1 Å². The molecule has 0 bridgehead atoms. The molecule has 0 amide bonds. The first-order chi connectivity index (χ1) is 10.2. The summed E-state index contributed by atoms with van der Waals surface area (Å²) in [5.41, 5.74) is 3.65. The van der Waals surface area contributed by atoms with Gasteiger partial charge in [-0.15, -0.1) is 0 Å². The van der Waals surface area contributed by atoms with Gasteiger partial charge in [-0.3, -0.25) is 4.79 Å². The van der Waals surface area contributed by atoms with E-state index < -0.39 is 0 Å². The van der Waals surface area contributed by atoms with Gasteiger partial charge in [-0.25, -0.2) is 4.79 Å². The number of nitrogens with zero attached hydrogens (tertiary/aromatic N) is 1. The molecule has 0 fully saturated rings. The zero-order chi connectivity index (χ0) is 14.8. The van der Waals surface area contributed by atoms with Gasteiger partial charge in [0.05, 0.1) is 12.7 Å². The van der Waals surface area contributed by atoms with E-state index in [2.05, 4.69) is 10.9 Å². The van der Waals surface area contributed by atoms with Gasteiger partial charge < -0.3 is 9.30 Å². The predicted octanol–water partition coefficient (Wildman–Crippen LogP) is 2.84. The van der Waals surface area contributed by atoms with Crippen LogP contribution in [-0.2, 0) is 17.7 Å². The zero-order valence-electron chi connectivity index (χ0n) is 12.0. The summed E-state index contributed by atoms with van der Waals surface area (Å²) < 4.78 is 6.72. The van der Waals surface area contributed by atoms with Gasteiger partial charge in [0.15, 0.2) is 5.78 Å². The van der Waals surface area contributed by atoms with Crippen molar-refractivity contribution in [1.82, 2.24) is 4.57 Å². The van der Waals surface area contributed by atoms with Crippen LogP contribution in [0.1, 0.15) is 44.7 Å². The van der Waals surface area contributed by atoms with Crippen molar-refractivity contribution in [2.45, 2.75) is 25.8 Å². The molecule has 2 aromatic rings. The topological polar surface area (TPSA) is 48.3 Å². The molecule has 0 saturated heterocycles. The molecule has 1 aliphatic carbocycles. The maximum absolute atomic E-state index is 11.8. The number of Topliss-reactive ketones (excluding diaryl/α,β-unsaturated/α-hetero) is 1. The molecule has 1 aromatic carbocycles. The zero-order valence-corrected chi connectivity index (χ0v) is 12.0. The predicted molar refractivity (Wildman–Crippen MR) is 78.6 cm³/mol. The van der Waals surface area contributed by atoms with Crippen LogP contribution in [0.3, 0.4) is 0 Å². The quantitative estimate of drug-likeness (QED) is 0.814. The Morgan fingerprint density at radius 2 is 1.95 bits per heavy atom. The first-order valence-electron chi connectivity index (χ1n) is 7.06. The fraction of sp³-hybridized carbons (Fsp3) is 0.294. The molecule has 4 nitrogen and oxygen atoms in total. The van der Waals surface area contributed by atoms with Crippen LogP contribution in [0, 0.1) is 0 Å². The van der Waals surface area contributed by atoms with Crippen LogP contribution < -0.4 is 0 Å². The average Bonchev–Trinajstić information content (AvgIpc) is 2.91. The third-order valence-electron chi connectivity index (χ3n) is 3.85. The van der Waals surface area contributed by atoms with Crippen molar-refractivity contribution in [3.05, 3.63) is 58.9 Å². The first-order valence-corrected chi connectivity index (χ1v) is 7.06. The number of methoxy groups -OCH3 is 1. The van der Waals surface area contributed by atoms with Gasteiger partial charge in [-0.1, -0.05) is 12.1 Å². The van der Waals surface area contributed by atoms with Crippen LogP contribution in [-0.4, -0.2) is 23.4 Å². The molecule has 1 aliphatic rings. The maximum Gasteiger partial charge on any atom is 0.337 e. The lowest BCUT2D eigenvalue weighted by Crippen LogP contribution is -2.07. The minimum Gasteiger partial charge on any atom is -0.465 e. The van der Waals surface area contributed by atoms with Gasteiger partial charge in [0.1, 0.15) is 0 Å². The van der Waals surface area contributed by atoms with E-state index in [4.69, 9.17) is 0 Å². The molecule has 21 heavy (non-hydrogen) atoms. The van der Waals surface area contributed by atoms with Crippen molar-refractivity contribution in [1.29, 1.82) is 0 Å². The summed E-state index contributed by atoms with van der Waals surface area (Å²) in [7, 11) is 1.37. The van der Waals surface area contributed by atoms with Crippen molar-refractivity contribution in [3.63, 3.8) is 0 Å². The van der Waals surface area contributed by atoms with Crippen LogP contribution in [0.5, 0.6) is 0 Å². The Morgan fingerprint density at radius 1 is 1.19 bits per heavy atom. The van der Waals surface area contributed by atoms with E-state index in [9.17, 15) is 9.59 Å². The largest absolute Gasteiger partial charge is 0.465 e. The lowest BCUT2D eigenvalue weighted by atomic mass is 9.95. The molecule has 0 aliphatic heterocycles. The van der Waals surface area contributed by atoms with Crippen LogP contribution in [0.4, 0.5) is 0 Å². The third-order valence-corrected chi connectivity index (χ3v) is 3.85. The smallest absolute Gasteiger partial charge is 0.337 e. The summed E-state index contributed by atoms with van der Waals surface area (Å²) >= 11 is 0. The number of hydrogen-bond donors (Lipinski definition) is 0. The molecule has 1 heterocycles. The van der Waals surface area contributed by atoms with Crippen molar-refractivity contribution in [3.8, 4) is 0 Å². The highest BCUT2D eigenvalue weighted by Crippen LogP contribution is 2.22. The van der Waals surface area contributed by atoms with Gasteiger partial charge in [0.2, 0.25) is 0 Å². The molecule has 0 unspecified atom stereocenters. The molecule has 1 aromatic heterocycles. The SMILES string of the molecule is COC(=O)c1ccc(Cn2cc3c(c2)C(=O)CCC3)cc1. The molecule has 108 valence electrons. The lowest BCUT2D eigenvalue weighted by Gasteiger charge is -2.07. The highest BCUT2D eigenvalue weighted by Gasteiger charge is 2.19. The number of hydrogen-bond acceptors (Lipinski definition) is 3. The molecule has 3 rings (SSSR count). The molecule has 0 saturated carbocycles. The molecule has 0 spiro atoms. The Labute approximate surface area is 123 Å².